The van der Waals surface area contributed by atoms with Gasteiger partial charge in [-0.3, -0.25) is 0 Å². The molecule has 5 heteroatoms. The van der Waals surface area contributed by atoms with E-state index < -0.39 is 11.9 Å². The summed E-state index contributed by atoms with van der Waals surface area (Å²) < 4.78 is 12.1. The highest BCUT2D eigenvalue weighted by molar-refractivity contribution is 9.28. The average molecular weight is 344 g/mol. The van der Waals surface area contributed by atoms with Crippen molar-refractivity contribution in [3.05, 3.63) is 9.47 Å². The van der Waals surface area contributed by atoms with Gasteiger partial charge >= 0.3 is 0 Å². The van der Waals surface area contributed by atoms with E-state index in [4.69, 9.17) is 9.47 Å². The topological polar surface area (TPSA) is 38.7 Å². The van der Waals surface area contributed by atoms with Crippen LogP contribution in [0, 0.1) is 0 Å². The van der Waals surface area contributed by atoms with Crippen LogP contribution >= 0.6 is 31.9 Å². The van der Waals surface area contributed by atoms with Crippen molar-refractivity contribution in [2.45, 2.75) is 51.3 Å². The fraction of sp³-hybridized carbons (Fsp3) is 0.800. The molecule has 3 nitrogen and oxygen atoms in total. The standard InChI is InChI=1S/C10H16Br2O3/c1-4-6(13)9-7(5-8(11)12)14-10(2,3)15-9/h5-7,9,13H,4H2,1-3H3/t6?,7-,9+/m0/s1. The van der Waals surface area contributed by atoms with Gasteiger partial charge in [-0.15, -0.1) is 0 Å². The molecule has 0 radical (unpaired) electrons. The normalized spacial score (nSPS) is 31.3. The molecular formula is C10H16Br2O3. The van der Waals surface area contributed by atoms with Crippen molar-refractivity contribution >= 4 is 31.9 Å². The molecule has 3 atom stereocenters. The Hall–Kier alpha value is 0.580. The Bertz CT molecular complexity index is 249. The number of hydrogen-bond acceptors (Lipinski definition) is 3. The zero-order chi connectivity index (χ0) is 11.6. The molecule has 1 aliphatic rings. The van der Waals surface area contributed by atoms with Crippen LogP contribution in [0.1, 0.15) is 27.2 Å². The summed E-state index contributed by atoms with van der Waals surface area (Å²) in [5.74, 6) is -0.641. The summed E-state index contributed by atoms with van der Waals surface area (Å²) in [6.07, 6.45) is 1.44. The first kappa shape index (κ1) is 13.6. The molecule has 0 bridgehead atoms. The summed E-state index contributed by atoms with van der Waals surface area (Å²) in [4.78, 5) is 0. The van der Waals surface area contributed by atoms with Gasteiger partial charge in [-0.1, -0.05) is 6.92 Å². The molecule has 0 aromatic heterocycles. The van der Waals surface area contributed by atoms with Gasteiger partial charge in [0.15, 0.2) is 5.79 Å². The SMILES string of the molecule is CCC(O)[C@H]1OC(C)(C)O[C@H]1C=C(Br)Br. The first-order valence-electron chi connectivity index (χ1n) is 4.92. The van der Waals surface area contributed by atoms with Gasteiger partial charge in [-0.05, 0) is 58.2 Å². The summed E-state index contributed by atoms with van der Waals surface area (Å²) >= 11 is 6.56. The summed E-state index contributed by atoms with van der Waals surface area (Å²) in [5.41, 5.74) is 0. The highest BCUT2D eigenvalue weighted by atomic mass is 79.9. The van der Waals surface area contributed by atoms with Gasteiger partial charge in [0, 0.05) is 0 Å². The average Bonchev–Trinajstić information content (AvgIpc) is 2.38. The first-order chi connectivity index (χ1) is 6.85. The largest absolute Gasteiger partial charge is 0.390 e. The van der Waals surface area contributed by atoms with E-state index in [2.05, 4.69) is 31.9 Å². The molecule has 1 heterocycles. The van der Waals surface area contributed by atoms with Crippen LogP contribution in [0.4, 0.5) is 0 Å². The molecule has 0 aromatic rings. The molecule has 88 valence electrons. The second-order valence-electron chi connectivity index (χ2n) is 4.00. The Morgan fingerprint density at radius 2 is 2.07 bits per heavy atom. The highest BCUT2D eigenvalue weighted by Gasteiger charge is 2.43. The Morgan fingerprint density at radius 3 is 2.53 bits per heavy atom. The summed E-state index contributed by atoms with van der Waals surface area (Å²) in [6, 6.07) is 0. The number of rotatable bonds is 3. The molecule has 0 aliphatic carbocycles. The zero-order valence-corrected chi connectivity index (χ0v) is 12.2. The predicted octanol–water partition coefficient (Wildman–Crippen LogP) is 2.91. The molecular weight excluding hydrogens is 328 g/mol. The van der Waals surface area contributed by atoms with Crippen LogP contribution in [0.15, 0.2) is 9.47 Å². The van der Waals surface area contributed by atoms with Crippen molar-refractivity contribution in [3.63, 3.8) is 0 Å². The minimum absolute atomic E-state index is 0.233. The van der Waals surface area contributed by atoms with Crippen LogP contribution in [0.2, 0.25) is 0 Å². The maximum absolute atomic E-state index is 9.81. The van der Waals surface area contributed by atoms with E-state index in [-0.39, 0.29) is 12.2 Å². The Labute approximate surface area is 107 Å². The molecule has 1 N–H and O–H groups in total. The molecule has 1 unspecified atom stereocenters. The maximum atomic E-state index is 9.81. The van der Waals surface area contributed by atoms with Gasteiger partial charge in [0.05, 0.1) is 9.50 Å². The lowest BCUT2D eigenvalue weighted by atomic mass is 10.1. The quantitative estimate of drug-likeness (QED) is 0.856. The summed E-state index contributed by atoms with van der Waals surface area (Å²) in [5, 5.41) is 9.81. The third kappa shape index (κ3) is 3.82. The van der Waals surface area contributed by atoms with E-state index in [1.807, 2.05) is 26.8 Å². The molecule has 15 heavy (non-hydrogen) atoms. The molecule has 1 saturated heterocycles. The fourth-order valence-corrected chi connectivity index (χ4v) is 2.12. The Balaban J connectivity index is 2.79. The van der Waals surface area contributed by atoms with E-state index in [1.165, 1.54) is 0 Å². The van der Waals surface area contributed by atoms with Gasteiger partial charge < -0.3 is 14.6 Å². The monoisotopic (exact) mass is 342 g/mol. The highest BCUT2D eigenvalue weighted by Crippen LogP contribution is 2.33. The minimum atomic E-state index is -0.641. The number of halogens is 2. The lowest BCUT2D eigenvalue weighted by Crippen LogP contribution is -2.34. The summed E-state index contributed by atoms with van der Waals surface area (Å²) in [6.45, 7) is 5.61. The van der Waals surface area contributed by atoms with Crippen molar-refractivity contribution in [3.8, 4) is 0 Å². The molecule has 0 aromatic carbocycles. The third-order valence-corrected chi connectivity index (χ3v) is 2.78. The lowest BCUT2D eigenvalue weighted by Gasteiger charge is -2.20. The maximum Gasteiger partial charge on any atom is 0.164 e. The Morgan fingerprint density at radius 1 is 1.47 bits per heavy atom. The van der Waals surface area contributed by atoms with Gasteiger partial charge in [0.1, 0.15) is 12.2 Å². The van der Waals surface area contributed by atoms with Gasteiger partial charge in [0.2, 0.25) is 0 Å². The van der Waals surface area contributed by atoms with E-state index >= 15 is 0 Å². The molecule has 1 fully saturated rings. The van der Waals surface area contributed by atoms with Crippen molar-refractivity contribution in [1.82, 2.24) is 0 Å². The predicted molar refractivity (Wildman–Crippen MR) is 66.1 cm³/mol. The van der Waals surface area contributed by atoms with Crippen LogP contribution in [-0.4, -0.2) is 29.2 Å². The number of aliphatic hydroxyl groups excluding tert-OH is 1. The fourth-order valence-electron chi connectivity index (χ4n) is 1.60. The molecule has 1 aliphatic heterocycles. The van der Waals surface area contributed by atoms with Crippen LogP contribution in [-0.2, 0) is 9.47 Å². The second-order valence-corrected chi connectivity index (χ2v) is 6.77. The van der Waals surface area contributed by atoms with E-state index in [0.29, 0.717) is 6.42 Å². The number of ether oxygens (including phenoxy) is 2. The minimum Gasteiger partial charge on any atom is -0.390 e. The molecule has 0 amide bonds. The number of aliphatic hydroxyl groups is 1. The lowest BCUT2D eigenvalue weighted by molar-refractivity contribution is -0.153. The molecule has 0 spiro atoms. The van der Waals surface area contributed by atoms with Crippen molar-refractivity contribution in [2.24, 2.45) is 0 Å². The van der Waals surface area contributed by atoms with E-state index in [1.54, 1.807) is 0 Å². The Kier molecular flexibility index (Phi) is 4.80. The van der Waals surface area contributed by atoms with E-state index in [0.717, 1.165) is 3.39 Å². The van der Waals surface area contributed by atoms with Crippen LogP contribution in [0.25, 0.3) is 0 Å². The van der Waals surface area contributed by atoms with Crippen molar-refractivity contribution in [1.29, 1.82) is 0 Å². The van der Waals surface area contributed by atoms with Crippen LogP contribution < -0.4 is 0 Å². The van der Waals surface area contributed by atoms with Gasteiger partial charge in [-0.2, -0.15) is 0 Å². The van der Waals surface area contributed by atoms with Crippen LogP contribution in [0.5, 0.6) is 0 Å². The smallest absolute Gasteiger partial charge is 0.164 e. The van der Waals surface area contributed by atoms with E-state index in [9.17, 15) is 5.11 Å². The second kappa shape index (κ2) is 5.27. The van der Waals surface area contributed by atoms with Crippen LogP contribution in [0.3, 0.4) is 0 Å². The molecule has 1 rings (SSSR count). The zero-order valence-electron chi connectivity index (χ0n) is 9.04. The van der Waals surface area contributed by atoms with Gasteiger partial charge in [0.25, 0.3) is 0 Å². The number of hydrogen-bond donors (Lipinski definition) is 1. The third-order valence-electron chi connectivity index (χ3n) is 2.25. The van der Waals surface area contributed by atoms with Crippen molar-refractivity contribution in [2.75, 3.05) is 0 Å². The summed E-state index contributed by atoms with van der Waals surface area (Å²) in [7, 11) is 0. The molecule has 0 saturated carbocycles. The first-order valence-corrected chi connectivity index (χ1v) is 6.51. The van der Waals surface area contributed by atoms with Crippen molar-refractivity contribution < 1.29 is 14.6 Å². The van der Waals surface area contributed by atoms with Gasteiger partial charge in [-0.25, -0.2) is 0 Å².